The topological polar surface area (TPSA) is 102 Å². The molecule has 4 N–H and O–H groups in total. The summed E-state index contributed by atoms with van der Waals surface area (Å²) in [5.41, 5.74) is 5.59. The van der Waals surface area contributed by atoms with Crippen LogP contribution in [0.25, 0.3) is 0 Å². The fourth-order valence-corrected chi connectivity index (χ4v) is 3.35. The van der Waals surface area contributed by atoms with Crippen LogP contribution in [0.5, 0.6) is 0 Å². The SMILES string of the molecule is NC(=O)C1(NC(=O)N[C@H](Cn2ccnc2)c2ccccc2)CCCC1. The number of aromatic nitrogens is 2. The number of carbonyl (C=O) groups is 2. The molecule has 7 heteroatoms. The number of benzene rings is 1. The minimum absolute atomic E-state index is 0.248. The highest BCUT2D eigenvalue weighted by molar-refractivity contribution is 5.90. The molecule has 1 saturated carbocycles. The van der Waals surface area contributed by atoms with Gasteiger partial charge in [0.15, 0.2) is 0 Å². The van der Waals surface area contributed by atoms with Gasteiger partial charge < -0.3 is 20.9 Å². The zero-order valence-electron chi connectivity index (χ0n) is 14.0. The number of nitrogens with two attached hydrogens (primary N) is 1. The summed E-state index contributed by atoms with van der Waals surface area (Å²) in [7, 11) is 0. The van der Waals surface area contributed by atoms with Crippen molar-refractivity contribution in [2.24, 2.45) is 5.73 Å². The molecule has 0 saturated heterocycles. The van der Waals surface area contributed by atoms with Crippen LogP contribution < -0.4 is 16.4 Å². The van der Waals surface area contributed by atoms with Crippen molar-refractivity contribution >= 4 is 11.9 Å². The molecule has 0 radical (unpaired) electrons. The predicted molar refractivity (Wildman–Crippen MR) is 93.5 cm³/mol. The molecule has 3 rings (SSSR count). The lowest BCUT2D eigenvalue weighted by atomic mass is 9.97. The van der Waals surface area contributed by atoms with E-state index in [0.717, 1.165) is 18.4 Å². The molecule has 0 aliphatic heterocycles. The average molecular weight is 341 g/mol. The molecule has 1 heterocycles. The number of hydrogen-bond acceptors (Lipinski definition) is 3. The standard InChI is InChI=1S/C18H23N5O2/c19-16(24)18(8-4-5-9-18)22-17(25)21-15(12-23-11-10-20-13-23)14-6-2-1-3-7-14/h1-3,6-7,10-11,13,15H,4-5,8-9,12H2,(H2,19,24)(H2,21,22,25)/t15-/m1/s1. The zero-order valence-corrected chi connectivity index (χ0v) is 14.0. The van der Waals surface area contributed by atoms with Gasteiger partial charge in [-0.05, 0) is 18.4 Å². The smallest absolute Gasteiger partial charge is 0.316 e. The summed E-state index contributed by atoms with van der Waals surface area (Å²) in [6.45, 7) is 0.543. The van der Waals surface area contributed by atoms with Gasteiger partial charge in [0.05, 0.1) is 12.4 Å². The van der Waals surface area contributed by atoms with Crippen molar-refractivity contribution in [2.75, 3.05) is 0 Å². The number of nitrogens with zero attached hydrogens (tertiary/aromatic N) is 2. The molecule has 2 aromatic rings. The van der Waals surface area contributed by atoms with Crippen LogP contribution in [0.4, 0.5) is 4.79 Å². The number of rotatable bonds is 6. The van der Waals surface area contributed by atoms with Gasteiger partial charge in [-0.25, -0.2) is 9.78 Å². The van der Waals surface area contributed by atoms with Crippen molar-refractivity contribution in [1.29, 1.82) is 0 Å². The van der Waals surface area contributed by atoms with Gasteiger partial charge in [-0.3, -0.25) is 4.79 Å². The van der Waals surface area contributed by atoms with Crippen LogP contribution in [0.15, 0.2) is 49.1 Å². The van der Waals surface area contributed by atoms with Crippen LogP contribution in [0.1, 0.15) is 37.3 Å². The van der Waals surface area contributed by atoms with Gasteiger partial charge >= 0.3 is 6.03 Å². The van der Waals surface area contributed by atoms with E-state index in [4.69, 9.17) is 5.73 Å². The lowest BCUT2D eigenvalue weighted by molar-refractivity contribution is -0.123. The Morgan fingerprint density at radius 2 is 1.96 bits per heavy atom. The quantitative estimate of drug-likeness (QED) is 0.745. The molecule has 0 unspecified atom stereocenters. The largest absolute Gasteiger partial charge is 0.368 e. The van der Waals surface area contributed by atoms with E-state index in [9.17, 15) is 9.59 Å². The maximum atomic E-state index is 12.6. The second kappa shape index (κ2) is 7.38. The third-order valence-corrected chi connectivity index (χ3v) is 4.74. The molecular weight excluding hydrogens is 318 g/mol. The van der Waals surface area contributed by atoms with Crippen molar-refractivity contribution in [2.45, 2.75) is 43.8 Å². The first-order chi connectivity index (χ1) is 12.1. The van der Waals surface area contributed by atoms with Crippen molar-refractivity contribution in [1.82, 2.24) is 20.2 Å². The first-order valence-corrected chi connectivity index (χ1v) is 8.48. The Bertz CT molecular complexity index is 708. The van der Waals surface area contributed by atoms with Crippen LogP contribution in [-0.4, -0.2) is 27.0 Å². The van der Waals surface area contributed by atoms with Gasteiger partial charge in [0, 0.05) is 18.9 Å². The Hall–Kier alpha value is -2.83. The van der Waals surface area contributed by atoms with Crippen LogP contribution in [0, 0.1) is 0 Å². The van der Waals surface area contributed by atoms with Gasteiger partial charge in [0.25, 0.3) is 0 Å². The first kappa shape index (κ1) is 17.0. The van der Waals surface area contributed by atoms with E-state index in [0.29, 0.717) is 19.4 Å². The minimum atomic E-state index is -0.930. The Morgan fingerprint density at radius 1 is 1.24 bits per heavy atom. The molecule has 1 aromatic carbocycles. The van der Waals surface area contributed by atoms with Crippen molar-refractivity contribution in [3.63, 3.8) is 0 Å². The van der Waals surface area contributed by atoms with Crippen LogP contribution >= 0.6 is 0 Å². The summed E-state index contributed by atoms with van der Waals surface area (Å²) in [6, 6.07) is 9.08. The monoisotopic (exact) mass is 341 g/mol. The molecule has 3 amide bonds. The number of carbonyl (C=O) groups excluding carboxylic acids is 2. The van der Waals surface area contributed by atoms with Gasteiger partial charge in [-0.1, -0.05) is 43.2 Å². The predicted octanol–water partition coefficient (Wildman–Crippen LogP) is 1.72. The van der Waals surface area contributed by atoms with Crippen LogP contribution in [0.2, 0.25) is 0 Å². The summed E-state index contributed by atoms with van der Waals surface area (Å²) in [5, 5.41) is 5.79. The van der Waals surface area contributed by atoms with E-state index in [1.807, 2.05) is 41.1 Å². The molecule has 132 valence electrons. The number of nitrogens with one attached hydrogen (secondary N) is 2. The molecule has 1 aliphatic carbocycles. The first-order valence-electron chi connectivity index (χ1n) is 8.48. The summed E-state index contributed by atoms with van der Waals surface area (Å²) in [4.78, 5) is 28.4. The Labute approximate surface area is 146 Å². The lowest BCUT2D eigenvalue weighted by Crippen LogP contribution is -2.58. The molecule has 7 nitrogen and oxygen atoms in total. The number of amides is 3. The second-order valence-corrected chi connectivity index (χ2v) is 6.47. The molecular formula is C18H23N5O2. The number of urea groups is 1. The molecule has 25 heavy (non-hydrogen) atoms. The third-order valence-electron chi connectivity index (χ3n) is 4.74. The van der Waals surface area contributed by atoms with Gasteiger partial charge in [0.2, 0.25) is 5.91 Å². The zero-order chi connectivity index (χ0) is 17.7. The number of primary amides is 1. The fourth-order valence-electron chi connectivity index (χ4n) is 3.35. The van der Waals surface area contributed by atoms with Gasteiger partial charge in [-0.2, -0.15) is 0 Å². The van der Waals surface area contributed by atoms with E-state index >= 15 is 0 Å². The van der Waals surface area contributed by atoms with Gasteiger partial charge in [0.1, 0.15) is 5.54 Å². The highest BCUT2D eigenvalue weighted by Gasteiger charge is 2.41. The van der Waals surface area contributed by atoms with Crippen LogP contribution in [-0.2, 0) is 11.3 Å². The maximum Gasteiger partial charge on any atom is 0.316 e. The highest BCUT2D eigenvalue weighted by atomic mass is 16.2. The number of imidazole rings is 1. The number of hydrogen-bond donors (Lipinski definition) is 3. The van der Waals surface area contributed by atoms with E-state index in [2.05, 4.69) is 15.6 Å². The average Bonchev–Trinajstić information content (AvgIpc) is 3.27. The van der Waals surface area contributed by atoms with Crippen LogP contribution in [0.3, 0.4) is 0 Å². The Balaban J connectivity index is 1.73. The molecule has 0 spiro atoms. The summed E-state index contributed by atoms with van der Waals surface area (Å²) in [6.07, 6.45) is 8.21. The maximum absolute atomic E-state index is 12.6. The normalized spacial score (nSPS) is 17.0. The van der Waals surface area contributed by atoms with Crippen molar-refractivity contribution in [3.8, 4) is 0 Å². The molecule has 1 aliphatic rings. The Kier molecular flexibility index (Phi) is 5.02. The van der Waals surface area contributed by atoms with Gasteiger partial charge in [-0.15, -0.1) is 0 Å². The molecule has 0 bridgehead atoms. The highest BCUT2D eigenvalue weighted by Crippen LogP contribution is 2.29. The van der Waals surface area contributed by atoms with E-state index < -0.39 is 11.4 Å². The minimum Gasteiger partial charge on any atom is -0.368 e. The van der Waals surface area contributed by atoms with Crippen molar-refractivity contribution < 1.29 is 9.59 Å². The molecule has 1 aromatic heterocycles. The third kappa shape index (κ3) is 3.99. The molecule has 1 atom stereocenters. The second-order valence-electron chi connectivity index (χ2n) is 6.47. The summed E-state index contributed by atoms with van der Waals surface area (Å²) < 4.78 is 1.90. The summed E-state index contributed by atoms with van der Waals surface area (Å²) in [5.74, 6) is -0.467. The van der Waals surface area contributed by atoms with E-state index in [1.165, 1.54) is 0 Å². The summed E-state index contributed by atoms with van der Waals surface area (Å²) >= 11 is 0. The van der Waals surface area contributed by atoms with Crippen molar-refractivity contribution in [3.05, 3.63) is 54.6 Å². The molecule has 1 fully saturated rings. The fraction of sp³-hybridized carbons (Fsp3) is 0.389. The van der Waals surface area contributed by atoms with E-state index in [-0.39, 0.29) is 12.1 Å². The lowest BCUT2D eigenvalue weighted by Gasteiger charge is -2.28. The van der Waals surface area contributed by atoms with E-state index in [1.54, 1.807) is 12.5 Å². The Morgan fingerprint density at radius 3 is 2.56 bits per heavy atom.